The minimum atomic E-state index is -4.62. The molecule has 15 heteroatoms. The highest BCUT2D eigenvalue weighted by molar-refractivity contribution is 5.95. The maximum absolute atomic E-state index is 15.1. The topological polar surface area (TPSA) is 110 Å². The molecule has 250 valence electrons. The number of amides is 2. The summed E-state index contributed by atoms with van der Waals surface area (Å²) in [6, 6.07) is 7.88. The quantitative estimate of drug-likeness (QED) is 0.203. The van der Waals surface area contributed by atoms with Gasteiger partial charge in [-0.25, -0.2) is 14.2 Å². The predicted molar refractivity (Wildman–Crippen MR) is 173 cm³/mol. The fourth-order valence-electron chi connectivity index (χ4n) is 6.20. The number of halogens is 4. The van der Waals surface area contributed by atoms with Crippen LogP contribution in [0.2, 0.25) is 0 Å². The number of H-pyrrole nitrogens is 1. The molecule has 0 aliphatic carbocycles. The number of anilines is 3. The van der Waals surface area contributed by atoms with Crippen LogP contribution in [0, 0.1) is 5.82 Å². The van der Waals surface area contributed by atoms with E-state index in [1.807, 2.05) is 49.5 Å². The van der Waals surface area contributed by atoms with Gasteiger partial charge in [0.1, 0.15) is 5.65 Å². The number of rotatable bonds is 6. The maximum atomic E-state index is 15.1. The van der Waals surface area contributed by atoms with Crippen LogP contribution in [-0.2, 0) is 32.7 Å². The minimum Gasteiger partial charge on any atom is -0.352 e. The summed E-state index contributed by atoms with van der Waals surface area (Å²) in [6.07, 6.45) is 1.91. The van der Waals surface area contributed by atoms with E-state index in [-0.39, 0.29) is 30.2 Å². The Hall–Kier alpha value is -5.02. The van der Waals surface area contributed by atoms with Gasteiger partial charge in [-0.15, -0.1) is 0 Å². The predicted octanol–water partition coefficient (Wildman–Crippen LogP) is 5.60. The number of alkyl halides is 3. The number of carbonyl (C=O) groups excluding carboxylic acids is 1. The summed E-state index contributed by atoms with van der Waals surface area (Å²) in [7, 11) is 3.79. The zero-order chi connectivity index (χ0) is 33.6. The molecule has 5 aromatic rings. The molecule has 2 aliphatic heterocycles. The molecule has 0 radical (unpaired) electrons. The summed E-state index contributed by atoms with van der Waals surface area (Å²) in [4.78, 5) is 30.4. The highest BCUT2D eigenvalue weighted by atomic mass is 19.4. The third-order valence-corrected chi connectivity index (χ3v) is 8.90. The summed E-state index contributed by atoms with van der Waals surface area (Å²) in [5.41, 5.74) is 3.88. The second kappa shape index (κ2) is 12.5. The average Bonchev–Trinajstić information content (AvgIpc) is 3.70. The number of aromatic amines is 1. The van der Waals surface area contributed by atoms with Crippen molar-refractivity contribution in [2.24, 2.45) is 7.05 Å². The lowest BCUT2D eigenvalue weighted by molar-refractivity contribution is -0.138. The maximum Gasteiger partial charge on any atom is 0.418 e. The van der Waals surface area contributed by atoms with Crippen molar-refractivity contribution in [1.29, 1.82) is 0 Å². The molecular weight excluding hydrogens is 628 g/mol. The van der Waals surface area contributed by atoms with Gasteiger partial charge in [0.2, 0.25) is 0 Å². The zero-order valence-electron chi connectivity index (χ0n) is 26.4. The molecule has 4 aromatic heterocycles. The van der Waals surface area contributed by atoms with Gasteiger partial charge in [-0.05, 0) is 48.9 Å². The Kier molecular flexibility index (Phi) is 8.25. The van der Waals surface area contributed by atoms with Crippen LogP contribution in [0.5, 0.6) is 0 Å². The largest absolute Gasteiger partial charge is 0.418 e. The first kappa shape index (κ1) is 31.6. The summed E-state index contributed by atoms with van der Waals surface area (Å²) in [6.45, 7) is 3.55. The number of aryl methyl sites for hydroxylation is 1. The molecule has 1 fully saturated rings. The first-order valence-electron chi connectivity index (χ1n) is 15.6. The van der Waals surface area contributed by atoms with Crippen LogP contribution in [0.15, 0.2) is 55.1 Å². The van der Waals surface area contributed by atoms with Crippen molar-refractivity contribution in [2.45, 2.75) is 25.7 Å². The third kappa shape index (κ3) is 6.55. The molecule has 0 spiro atoms. The van der Waals surface area contributed by atoms with Gasteiger partial charge in [-0.3, -0.25) is 14.6 Å². The lowest BCUT2D eigenvalue weighted by Crippen LogP contribution is -2.44. The van der Waals surface area contributed by atoms with Crippen LogP contribution < -0.4 is 10.6 Å². The minimum absolute atomic E-state index is 0.0231. The molecule has 11 nitrogen and oxygen atoms in total. The van der Waals surface area contributed by atoms with Crippen LogP contribution in [0.3, 0.4) is 0 Å². The van der Waals surface area contributed by atoms with Crippen molar-refractivity contribution in [1.82, 2.24) is 39.4 Å². The number of carbonyl (C=O) groups is 1. The molecule has 3 N–H and O–H groups in total. The lowest BCUT2D eigenvalue weighted by Gasteiger charge is -2.32. The highest BCUT2D eigenvalue weighted by Crippen LogP contribution is 2.35. The van der Waals surface area contributed by atoms with Gasteiger partial charge in [0, 0.05) is 75.7 Å². The highest BCUT2D eigenvalue weighted by Gasteiger charge is 2.35. The summed E-state index contributed by atoms with van der Waals surface area (Å²) >= 11 is 0. The Morgan fingerprint density at radius 2 is 1.77 bits per heavy atom. The molecule has 0 unspecified atom stereocenters. The van der Waals surface area contributed by atoms with E-state index in [0.29, 0.717) is 42.8 Å². The molecule has 6 heterocycles. The fraction of sp³-hybridized carbons (Fsp3) is 0.333. The van der Waals surface area contributed by atoms with Crippen LogP contribution in [-0.4, -0.2) is 85.2 Å². The normalized spacial score (nSPS) is 15.9. The number of hydrogen-bond acceptors (Lipinski definition) is 7. The monoisotopic (exact) mass is 662 g/mol. The summed E-state index contributed by atoms with van der Waals surface area (Å²) in [5.74, 6) is -0.528. The molecule has 0 atom stereocenters. The standard InChI is InChI=1S/C33H34F4N10O/c1-44-7-9-46(10-8-44)19-29-26(33(35,36)37)12-24(15-38-29)42-32(48)47-6-5-20-3-4-23(11-21(20)18-47)41-30-25-13-28(22-14-40-45(2)17-22)43-31(25)39-16-27(30)34/h3-4,11-17H,5-10,18-19H2,1-2H3,(H,42,48)(H2,39,41,43). The Balaban J connectivity index is 1.06. The van der Waals surface area contributed by atoms with Crippen LogP contribution in [0.25, 0.3) is 22.3 Å². The van der Waals surface area contributed by atoms with Crippen LogP contribution >= 0.6 is 0 Å². The number of fused-ring (bicyclic) bond motifs is 2. The van der Waals surface area contributed by atoms with Crippen LogP contribution in [0.4, 0.5) is 39.4 Å². The van der Waals surface area contributed by atoms with E-state index in [9.17, 15) is 18.0 Å². The second-order valence-corrected chi connectivity index (χ2v) is 12.3. The van der Waals surface area contributed by atoms with Crippen molar-refractivity contribution in [3.8, 4) is 11.3 Å². The Morgan fingerprint density at radius 3 is 2.52 bits per heavy atom. The van der Waals surface area contributed by atoms with Crippen molar-refractivity contribution in [3.63, 3.8) is 0 Å². The van der Waals surface area contributed by atoms with Gasteiger partial charge in [0.25, 0.3) is 0 Å². The number of aromatic nitrogens is 5. The van der Waals surface area contributed by atoms with Crippen molar-refractivity contribution < 1.29 is 22.4 Å². The first-order valence-corrected chi connectivity index (χ1v) is 15.6. The Labute approximate surface area is 273 Å². The SMILES string of the molecule is CN1CCN(Cc2ncc(NC(=O)N3CCc4ccc(Nc5c(F)cnc6[nH]c(-c7cnn(C)c7)cc56)cc4C3)cc2C(F)(F)F)CC1. The van der Waals surface area contributed by atoms with E-state index < -0.39 is 23.6 Å². The van der Waals surface area contributed by atoms with Crippen molar-refractivity contribution in [3.05, 3.63) is 83.3 Å². The van der Waals surface area contributed by atoms with Gasteiger partial charge < -0.3 is 25.4 Å². The van der Waals surface area contributed by atoms with E-state index in [4.69, 9.17) is 0 Å². The van der Waals surface area contributed by atoms with E-state index in [1.54, 1.807) is 10.9 Å². The molecule has 48 heavy (non-hydrogen) atoms. The molecule has 2 aliphatic rings. The van der Waals surface area contributed by atoms with E-state index in [1.165, 1.54) is 11.1 Å². The van der Waals surface area contributed by atoms with E-state index in [0.717, 1.165) is 47.7 Å². The van der Waals surface area contributed by atoms with Gasteiger partial charge >= 0.3 is 12.2 Å². The van der Waals surface area contributed by atoms with Crippen molar-refractivity contribution >= 4 is 34.1 Å². The number of likely N-dealkylation sites (N-methyl/N-ethyl adjacent to an activating group) is 1. The third-order valence-electron chi connectivity index (χ3n) is 8.90. The molecule has 0 bridgehead atoms. The number of benzene rings is 1. The first-order chi connectivity index (χ1) is 23.0. The molecule has 7 rings (SSSR count). The van der Waals surface area contributed by atoms with Gasteiger partial charge in [-0.2, -0.15) is 18.3 Å². The molecule has 1 saturated heterocycles. The number of nitrogens with one attached hydrogen (secondary N) is 3. The van der Waals surface area contributed by atoms with E-state index in [2.05, 4.69) is 35.6 Å². The molecule has 2 amide bonds. The number of pyridine rings is 2. The number of piperazine rings is 1. The smallest absolute Gasteiger partial charge is 0.352 e. The lowest BCUT2D eigenvalue weighted by atomic mass is 9.99. The summed E-state index contributed by atoms with van der Waals surface area (Å²) in [5, 5.41) is 10.6. The summed E-state index contributed by atoms with van der Waals surface area (Å²) < 4.78 is 58.9. The molecular formula is C33H34F4N10O. The number of nitrogens with zero attached hydrogens (tertiary/aromatic N) is 7. The van der Waals surface area contributed by atoms with Gasteiger partial charge in [0.05, 0.1) is 46.9 Å². The molecule has 1 aromatic carbocycles. The van der Waals surface area contributed by atoms with E-state index >= 15 is 4.39 Å². The second-order valence-electron chi connectivity index (χ2n) is 12.3. The van der Waals surface area contributed by atoms with Crippen LogP contribution in [0.1, 0.15) is 22.4 Å². The zero-order valence-corrected chi connectivity index (χ0v) is 26.4. The fourth-order valence-corrected chi connectivity index (χ4v) is 6.20. The van der Waals surface area contributed by atoms with Crippen molar-refractivity contribution in [2.75, 3.05) is 50.4 Å². The van der Waals surface area contributed by atoms with Gasteiger partial charge in [-0.1, -0.05) is 6.07 Å². The Bertz CT molecular complexity index is 1980. The number of urea groups is 1. The average molecular weight is 663 g/mol. The Morgan fingerprint density at radius 1 is 0.958 bits per heavy atom. The molecule has 0 saturated carbocycles. The van der Waals surface area contributed by atoms with Gasteiger partial charge in [0.15, 0.2) is 5.82 Å². The number of hydrogen-bond donors (Lipinski definition) is 3.